The molecule has 0 bridgehead atoms. The van der Waals surface area contributed by atoms with E-state index in [-0.39, 0.29) is 16.5 Å². The van der Waals surface area contributed by atoms with Gasteiger partial charge in [0.1, 0.15) is 11.5 Å². The molecule has 0 saturated carbocycles. The molecule has 9 heteroatoms. The lowest BCUT2D eigenvalue weighted by atomic mass is 10.2. The zero-order chi connectivity index (χ0) is 22.1. The first kappa shape index (κ1) is 21.2. The zero-order valence-electron chi connectivity index (χ0n) is 16.0. The maximum Gasteiger partial charge on any atom is 0.337 e. The molecular weight excluding hydrogens is 459 g/mol. The van der Waals surface area contributed by atoms with Crippen molar-refractivity contribution in [1.29, 1.82) is 0 Å². The molecular formula is C22H14Cl2N2O4S. The second-order valence-corrected chi connectivity index (χ2v) is 8.40. The van der Waals surface area contributed by atoms with Gasteiger partial charge in [-0.15, -0.1) is 0 Å². The topological polar surface area (TPSA) is 83.1 Å². The average Bonchev–Trinajstić information content (AvgIpc) is 3.31. The van der Waals surface area contributed by atoms with Crippen LogP contribution < -0.4 is 0 Å². The fraction of sp³-hybridized carbons (Fsp3) is 0.0455. The van der Waals surface area contributed by atoms with E-state index in [1.807, 2.05) is 18.2 Å². The lowest BCUT2D eigenvalue weighted by Gasteiger charge is -2.07. The lowest BCUT2D eigenvalue weighted by molar-refractivity contribution is -0.121. The molecule has 1 aliphatic rings. The number of rotatable bonds is 4. The maximum absolute atomic E-state index is 12.6. The molecule has 1 saturated heterocycles. The third-order valence-corrected chi connectivity index (χ3v) is 6.08. The van der Waals surface area contributed by atoms with E-state index in [1.54, 1.807) is 37.4 Å². The Balaban J connectivity index is 1.59. The van der Waals surface area contributed by atoms with Gasteiger partial charge in [0.25, 0.3) is 5.91 Å². The second-order valence-electron chi connectivity index (χ2n) is 6.55. The van der Waals surface area contributed by atoms with Gasteiger partial charge in [0.2, 0.25) is 0 Å². The van der Waals surface area contributed by atoms with Crippen LogP contribution in [0.25, 0.3) is 17.4 Å². The summed E-state index contributed by atoms with van der Waals surface area (Å²) in [5.74, 6) is -0.204. The van der Waals surface area contributed by atoms with Crippen LogP contribution in [0.3, 0.4) is 0 Å². The van der Waals surface area contributed by atoms with Crippen molar-refractivity contribution in [3.05, 3.63) is 80.9 Å². The van der Waals surface area contributed by atoms with Gasteiger partial charge in [-0.25, -0.2) is 9.79 Å². The summed E-state index contributed by atoms with van der Waals surface area (Å²) < 4.78 is 5.84. The van der Waals surface area contributed by atoms with Gasteiger partial charge in [-0.05, 0) is 66.4 Å². The molecule has 3 aromatic rings. The Kier molecular flexibility index (Phi) is 5.91. The largest absolute Gasteiger partial charge is 0.478 e. The standard InChI is InChI=1S/C22H14Cl2N2O4S/c1-26-20(27)19(11-15-7-9-18(30-15)12-2-4-13(23)5-3-12)31-22(26)25-14-6-8-17(24)16(10-14)21(28)29/h2-11H,1H3,(H,28,29). The second kappa shape index (κ2) is 8.63. The first-order valence-electron chi connectivity index (χ1n) is 8.97. The quantitative estimate of drug-likeness (QED) is 0.457. The summed E-state index contributed by atoms with van der Waals surface area (Å²) in [6, 6.07) is 15.3. The number of amidine groups is 1. The molecule has 6 nitrogen and oxygen atoms in total. The first-order chi connectivity index (χ1) is 14.8. The fourth-order valence-electron chi connectivity index (χ4n) is 2.84. The summed E-state index contributed by atoms with van der Waals surface area (Å²) in [5, 5.41) is 10.4. The molecule has 1 N–H and O–H groups in total. The summed E-state index contributed by atoms with van der Waals surface area (Å²) in [6.45, 7) is 0. The monoisotopic (exact) mass is 472 g/mol. The summed E-state index contributed by atoms with van der Waals surface area (Å²) in [4.78, 5) is 30.2. The number of carbonyl (C=O) groups is 2. The molecule has 0 atom stereocenters. The summed E-state index contributed by atoms with van der Waals surface area (Å²) >= 11 is 13.0. The highest BCUT2D eigenvalue weighted by atomic mass is 35.5. The van der Waals surface area contributed by atoms with Gasteiger partial charge in [0, 0.05) is 23.7 Å². The number of thioether (sulfide) groups is 1. The predicted molar refractivity (Wildman–Crippen MR) is 123 cm³/mol. The van der Waals surface area contributed by atoms with Crippen LogP contribution in [0.4, 0.5) is 5.69 Å². The molecule has 2 aromatic carbocycles. The van der Waals surface area contributed by atoms with Gasteiger partial charge in [-0.2, -0.15) is 0 Å². The molecule has 4 rings (SSSR count). The van der Waals surface area contributed by atoms with Gasteiger partial charge in [0.05, 0.1) is 21.2 Å². The summed E-state index contributed by atoms with van der Waals surface area (Å²) in [5.41, 5.74) is 1.20. The Morgan fingerprint density at radius 1 is 1.13 bits per heavy atom. The molecule has 0 spiro atoms. The number of aromatic carboxylic acids is 1. The molecule has 31 heavy (non-hydrogen) atoms. The number of hydrogen-bond donors (Lipinski definition) is 1. The van der Waals surface area contributed by atoms with Crippen molar-refractivity contribution in [2.75, 3.05) is 7.05 Å². The smallest absolute Gasteiger partial charge is 0.337 e. The number of likely N-dealkylation sites (N-methyl/N-ethyl adjacent to an activating group) is 1. The van der Waals surface area contributed by atoms with Gasteiger partial charge >= 0.3 is 5.97 Å². The van der Waals surface area contributed by atoms with Gasteiger partial charge < -0.3 is 9.52 Å². The van der Waals surface area contributed by atoms with E-state index in [9.17, 15) is 14.7 Å². The van der Waals surface area contributed by atoms with Crippen LogP contribution in [-0.2, 0) is 4.79 Å². The van der Waals surface area contributed by atoms with E-state index in [0.29, 0.717) is 32.3 Å². The number of amides is 1. The summed E-state index contributed by atoms with van der Waals surface area (Å²) in [6.07, 6.45) is 1.65. The zero-order valence-corrected chi connectivity index (χ0v) is 18.3. The molecule has 156 valence electrons. The van der Waals surface area contributed by atoms with E-state index >= 15 is 0 Å². The molecule has 1 aromatic heterocycles. The van der Waals surface area contributed by atoms with E-state index in [1.165, 1.54) is 28.8 Å². The average molecular weight is 473 g/mol. The highest BCUT2D eigenvalue weighted by Crippen LogP contribution is 2.35. The third-order valence-electron chi connectivity index (χ3n) is 4.44. The fourth-order valence-corrected chi connectivity index (χ4v) is 4.13. The third kappa shape index (κ3) is 4.54. The van der Waals surface area contributed by atoms with Crippen LogP contribution in [-0.4, -0.2) is 34.1 Å². The Bertz CT molecular complexity index is 1250. The van der Waals surface area contributed by atoms with Gasteiger partial charge in [-0.3, -0.25) is 9.69 Å². The van der Waals surface area contributed by atoms with Crippen LogP contribution in [0.15, 0.2) is 68.9 Å². The lowest BCUT2D eigenvalue weighted by Crippen LogP contribution is -2.23. The van der Waals surface area contributed by atoms with Crippen molar-refractivity contribution in [3.63, 3.8) is 0 Å². The minimum absolute atomic E-state index is 0.0541. The minimum atomic E-state index is -1.15. The first-order valence-corrected chi connectivity index (χ1v) is 10.5. The van der Waals surface area contributed by atoms with Crippen LogP contribution in [0.5, 0.6) is 0 Å². The van der Waals surface area contributed by atoms with Crippen molar-refractivity contribution in [1.82, 2.24) is 4.90 Å². The van der Waals surface area contributed by atoms with Crippen molar-refractivity contribution in [2.45, 2.75) is 0 Å². The number of carboxylic acid groups (broad SMARTS) is 1. The molecule has 0 aliphatic carbocycles. The number of aliphatic imine (C=N–C) groups is 1. The number of halogens is 2. The number of carbonyl (C=O) groups excluding carboxylic acids is 1. The molecule has 0 unspecified atom stereocenters. The molecule has 1 aliphatic heterocycles. The van der Waals surface area contributed by atoms with Crippen molar-refractivity contribution in [3.8, 4) is 11.3 Å². The normalized spacial score (nSPS) is 16.5. The number of carboxylic acids is 1. The van der Waals surface area contributed by atoms with Crippen LogP contribution in [0.2, 0.25) is 10.0 Å². The number of nitrogens with zero attached hydrogens (tertiary/aromatic N) is 2. The van der Waals surface area contributed by atoms with Crippen molar-refractivity contribution in [2.24, 2.45) is 4.99 Å². The highest BCUT2D eigenvalue weighted by Gasteiger charge is 2.30. The van der Waals surface area contributed by atoms with E-state index in [4.69, 9.17) is 27.6 Å². The van der Waals surface area contributed by atoms with Crippen LogP contribution >= 0.6 is 35.0 Å². The van der Waals surface area contributed by atoms with Crippen molar-refractivity contribution >= 4 is 63.8 Å². The minimum Gasteiger partial charge on any atom is -0.478 e. The number of benzene rings is 2. The van der Waals surface area contributed by atoms with Gasteiger partial charge in [-0.1, -0.05) is 23.2 Å². The van der Waals surface area contributed by atoms with E-state index in [2.05, 4.69) is 4.99 Å². The highest BCUT2D eigenvalue weighted by molar-refractivity contribution is 8.18. The molecule has 0 radical (unpaired) electrons. The Morgan fingerprint density at radius 3 is 2.58 bits per heavy atom. The van der Waals surface area contributed by atoms with E-state index < -0.39 is 5.97 Å². The summed E-state index contributed by atoms with van der Waals surface area (Å²) in [7, 11) is 1.60. The number of furan rings is 1. The predicted octanol–water partition coefficient (Wildman–Crippen LogP) is 6.19. The maximum atomic E-state index is 12.6. The molecule has 1 amide bonds. The Hall–Kier alpha value is -3.00. The van der Waals surface area contributed by atoms with Crippen LogP contribution in [0.1, 0.15) is 16.1 Å². The molecule has 2 heterocycles. The Morgan fingerprint density at radius 2 is 1.87 bits per heavy atom. The van der Waals surface area contributed by atoms with E-state index in [0.717, 1.165) is 5.56 Å². The number of hydrogen-bond acceptors (Lipinski definition) is 5. The van der Waals surface area contributed by atoms with Gasteiger partial charge in [0.15, 0.2) is 5.17 Å². The SMILES string of the molecule is CN1C(=O)C(=Cc2ccc(-c3ccc(Cl)cc3)o2)SC1=Nc1ccc(Cl)c(C(=O)O)c1. The Labute approximate surface area is 191 Å². The van der Waals surface area contributed by atoms with Crippen molar-refractivity contribution < 1.29 is 19.1 Å². The van der Waals surface area contributed by atoms with Crippen LogP contribution in [0, 0.1) is 0 Å². The molecule has 1 fully saturated rings.